The first-order valence-electron chi connectivity index (χ1n) is 13.7. The maximum absolute atomic E-state index is 13.5. The van der Waals surface area contributed by atoms with Crippen molar-refractivity contribution in [1.82, 2.24) is 9.80 Å². The summed E-state index contributed by atoms with van der Waals surface area (Å²) in [6, 6.07) is 19.4. The van der Waals surface area contributed by atoms with Crippen LogP contribution in [-0.4, -0.2) is 77.8 Å². The summed E-state index contributed by atoms with van der Waals surface area (Å²) >= 11 is 3.53. The largest absolute Gasteiger partial charge is 0.473 e. The van der Waals surface area contributed by atoms with E-state index in [4.69, 9.17) is 25.1 Å². The van der Waals surface area contributed by atoms with Crippen LogP contribution in [0.25, 0.3) is 0 Å². The van der Waals surface area contributed by atoms with Crippen LogP contribution in [0.2, 0.25) is 0 Å². The van der Waals surface area contributed by atoms with Crippen molar-refractivity contribution in [3.8, 4) is 5.40 Å². The van der Waals surface area contributed by atoms with Crippen molar-refractivity contribution in [2.45, 2.75) is 24.2 Å². The third-order valence-corrected chi connectivity index (χ3v) is 8.80. The molecule has 0 aromatic heterocycles. The molecule has 0 saturated carbocycles. The van der Waals surface area contributed by atoms with Crippen molar-refractivity contribution in [1.29, 1.82) is 5.26 Å². The molecular formula is C31H33F2IN4O4S. The van der Waals surface area contributed by atoms with E-state index in [2.05, 4.69) is 60.9 Å². The van der Waals surface area contributed by atoms with Gasteiger partial charge in [-0.05, 0) is 133 Å². The fraction of sp³-hybridized carbons (Fsp3) is 0.323. The molecule has 0 radical (unpaired) electrons. The van der Waals surface area contributed by atoms with Crippen LogP contribution in [0, 0.1) is 25.9 Å². The minimum absolute atomic E-state index is 0.261. The Morgan fingerprint density at radius 2 is 1.33 bits per heavy atom. The molecule has 8 nitrogen and oxygen atoms in total. The molecule has 1 aliphatic heterocycles. The number of aliphatic carboxylic acids is 2. The van der Waals surface area contributed by atoms with E-state index >= 15 is 0 Å². The van der Waals surface area contributed by atoms with Gasteiger partial charge in [0.05, 0.1) is 0 Å². The minimum Gasteiger partial charge on any atom is -0.473 e. The molecule has 1 aliphatic rings. The number of carboxylic acids is 2. The number of aryl methyl sites for hydroxylation is 1. The predicted molar refractivity (Wildman–Crippen MR) is 172 cm³/mol. The van der Waals surface area contributed by atoms with Gasteiger partial charge in [0.25, 0.3) is 0 Å². The van der Waals surface area contributed by atoms with Crippen LogP contribution in [0.3, 0.4) is 0 Å². The SMILES string of the molecule is N#CSc1ccc(CCCN2CCN(CCCN(c3ccc(F)cc3)c3ccc(F)cc3)CC2)cc1I.O=C(O)C(=O)O. The summed E-state index contributed by atoms with van der Waals surface area (Å²) < 4.78 is 28.1. The van der Waals surface area contributed by atoms with Gasteiger partial charge in [0.2, 0.25) is 0 Å². The second-order valence-electron chi connectivity index (χ2n) is 9.81. The molecule has 2 N–H and O–H groups in total. The van der Waals surface area contributed by atoms with Gasteiger partial charge in [-0.2, -0.15) is 5.26 Å². The Labute approximate surface area is 268 Å². The number of hydrogen-bond acceptors (Lipinski definition) is 7. The molecule has 1 fully saturated rings. The fourth-order valence-corrected chi connectivity index (χ4v) is 5.98. The van der Waals surface area contributed by atoms with E-state index in [1.165, 1.54) is 41.6 Å². The molecule has 0 unspecified atom stereocenters. The van der Waals surface area contributed by atoms with Crippen molar-refractivity contribution in [2.24, 2.45) is 0 Å². The standard InChI is InChI=1S/C29H31F2IN4S.C2H2O4/c30-24-5-9-26(10-6-24)36(27-11-7-25(31)8-12-27)16-2-15-35-19-17-34(18-20-35)14-1-3-23-4-13-29(37-22-33)28(32)21-23;3-1(4)2(5)6/h4-13,21H,1-3,14-20H2;(H,3,4)(H,5,6). The van der Waals surface area contributed by atoms with Crippen molar-refractivity contribution in [3.05, 3.63) is 87.5 Å². The molecule has 12 heteroatoms. The van der Waals surface area contributed by atoms with E-state index in [0.717, 1.165) is 84.9 Å². The Bertz CT molecular complexity index is 1320. The van der Waals surface area contributed by atoms with Crippen molar-refractivity contribution in [3.63, 3.8) is 0 Å². The third kappa shape index (κ3) is 11.7. The molecule has 1 heterocycles. The highest BCUT2D eigenvalue weighted by Gasteiger charge is 2.17. The molecular weight excluding hydrogens is 689 g/mol. The topological polar surface area (TPSA) is 108 Å². The van der Waals surface area contributed by atoms with Crippen LogP contribution in [0.5, 0.6) is 0 Å². The van der Waals surface area contributed by atoms with Gasteiger partial charge in [0, 0.05) is 52.6 Å². The average molecular weight is 723 g/mol. The summed E-state index contributed by atoms with van der Waals surface area (Å²) in [4.78, 5) is 26.4. The number of piperazine rings is 1. The number of carbonyl (C=O) groups is 2. The predicted octanol–water partition coefficient (Wildman–Crippen LogP) is 6.08. The Balaban J connectivity index is 0.000000765. The molecule has 3 aromatic carbocycles. The highest BCUT2D eigenvalue weighted by molar-refractivity contribution is 14.1. The number of hydrogen-bond donors (Lipinski definition) is 2. The molecule has 228 valence electrons. The first kappa shape index (κ1) is 34.2. The van der Waals surface area contributed by atoms with Crippen molar-refractivity contribution in [2.75, 3.05) is 50.7 Å². The first-order chi connectivity index (χ1) is 20.7. The average Bonchev–Trinajstić information content (AvgIpc) is 2.99. The Morgan fingerprint density at radius 1 is 0.837 bits per heavy atom. The van der Waals surface area contributed by atoms with Crippen molar-refractivity contribution < 1.29 is 28.6 Å². The highest BCUT2D eigenvalue weighted by Crippen LogP contribution is 2.27. The summed E-state index contributed by atoms with van der Waals surface area (Å²) in [7, 11) is 0. The zero-order chi connectivity index (χ0) is 31.2. The smallest absolute Gasteiger partial charge is 0.414 e. The van der Waals surface area contributed by atoms with Crippen LogP contribution < -0.4 is 4.90 Å². The molecule has 0 spiro atoms. The lowest BCUT2D eigenvalue weighted by Gasteiger charge is -2.35. The lowest BCUT2D eigenvalue weighted by atomic mass is 10.1. The van der Waals surface area contributed by atoms with Gasteiger partial charge in [-0.25, -0.2) is 18.4 Å². The zero-order valence-electron chi connectivity index (χ0n) is 23.5. The second-order valence-corrected chi connectivity index (χ2v) is 11.8. The van der Waals surface area contributed by atoms with Crippen LogP contribution in [-0.2, 0) is 16.0 Å². The van der Waals surface area contributed by atoms with E-state index in [1.54, 1.807) is 24.3 Å². The lowest BCUT2D eigenvalue weighted by Crippen LogP contribution is -2.47. The van der Waals surface area contributed by atoms with E-state index in [9.17, 15) is 8.78 Å². The molecule has 0 atom stereocenters. The molecule has 0 bridgehead atoms. The Kier molecular flexibility index (Phi) is 14.1. The summed E-state index contributed by atoms with van der Waals surface area (Å²) in [5.74, 6) is -4.17. The van der Waals surface area contributed by atoms with Gasteiger partial charge in [-0.3, -0.25) is 0 Å². The number of carboxylic acid groups (broad SMARTS) is 2. The van der Waals surface area contributed by atoms with E-state index < -0.39 is 11.9 Å². The van der Waals surface area contributed by atoms with Gasteiger partial charge in [0.1, 0.15) is 17.0 Å². The van der Waals surface area contributed by atoms with Gasteiger partial charge in [-0.1, -0.05) is 6.07 Å². The Hall–Kier alpha value is -3.25. The van der Waals surface area contributed by atoms with E-state index in [-0.39, 0.29) is 11.6 Å². The summed E-state index contributed by atoms with van der Waals surface area (Å²) in [5.41, 5.74) is 3.15. The maximum atomic E-state index is 13.5. The highest BCUT2D eigenvalue weighted by atomic mass is 127. The van der Waals surface area contributed by atoms with Crippen LogP contribution in [0.1, 0.15) is 18.4 Å². The fourth-order valence-electron chi connectivity index (χ4n) is 4.68. The number of anilines is 2. The minimum atomic E-state index is -1.82. The Morgan fingerprint density at radius 3 is 1.77 bits per heavy atom. The molecule has 43 heavy (non-hydrogen) atoms. The number of halogens is 3. The van der Waals surface area contributed by atoms with Gasteiger partial charge in [0.15, 0.2) is 0 Å². The third-order valence-electron chi connectivity index (χ3n) is 6.87. The van der Waals surface area contributed by atoms with Gasteiger partial charge >= 0.3 is 11.9 Å². The van der Waals surface area contributed by atoms with Gasteiger partial charge in [-0.15, -0.1) is 0 Å². The maximum Gasteiger partial charge on any atom is 0.414 e. The quantitative estimate of drug-likeness (QED) is 0.106. The van der Waals surface area contributed by atoms with Crippen LogP contribution in [0.15, 0.2) is 71.6 Å². The summed E-state index contributed by atoms with van der Waals surface area (Å²) in [6.45, 7) is 7.15. The van der Waals surface area contributed by atoms with E-state index in [0.29, 0.717) is 0 Å². The van der Waals surface area contributed by atoms with Gasteiger partial charge < -0.3 is 24.9 Å². The number of nitrogens with zero attached hydrogens (tertiary/aromatic N) is 4. The second kappa shape index (κ2) is 17.8. The molecule has 0 aliphatic carbocycles. The van der Waals surface area contributed by atoms with Crippen LogP contribution >= 0.6 is 34.4 Å². The molecule has 3 aromatic rings. The normalized spacial score (nSPS) is 13.4. The number of thioether (sulfide) groups is 1. The number of thiocyanates is 1. The number of nitriles is 1. The molecule has 1 saturated heterocycles. The first-order valence-corrected chi connectivity index (χ1v) is 15.6. The molecule has 4 rings (SSSR count). The van der Waals surface area contributed by atoms with Crippen LogP contribution in [0.4, 0.5) is 20.2 Å². The molecule has 0 amide bonds. The van der Waals surface area contributed by atoms with Crippen molar-refractivity contribution >= 4 is 57.7 Å². The lowest BCUT2D eigenvalue weighted by molar-refractivity contribution is -0.159. The number of benzene rings is 3. The zero-order valence-corrected chi connectivity index (χ0v) is 26.4. The summed E-state index contributed by atoms with van der Waals surface area (Å²) in [6.07, 6.45) is 3.15. The van der Waals surface area contributed by atoms with E-state index in [1.807, 2.05) is 0 Å². The summed E-state index contributed by atoms with van der Waals surface area (Å²) in [5, 5.41) is 25.8. The monoisotopic (exact) mass is 722 g/mol. The number of rotatable bonds is 11.